The van der Waals surface area contributed by atoms with E-state index in [-0.39, 0.29) is 5.91 Å². The molecule has 0 spiro atoms. The number of amides is 1. The minimum atomic E-state index is 0.246. The van der Waals surface area contributed by atoms with Crippen LogP contribution in [0.5, 0.6) is 0 Å². The second-order valence-electron chi connectivity index (χ2n) is 7.71. The van der Waals surface area contributed by atoms with Gasteiger partial charge in [0.2, 0.25) is 5.91 Å². The molecule has 5 nitrogen and oxygen atoms in total. The van der Waals surface area contributed by atoms with Gasteiger partial charge in [0.1, 0.15) is 0 Å². The first-order valence-electron chi connectivity index (χ1n) is 11.2. The van der Waals surface area contributed by atoms with Gasteiger partial charge in [-0.25, -0.2) is 0 Å². The van der Waals surface area contributed by atoms with Gasteiger partial charge >= 0.3 is 0 Å². The summed E-state index contributed by atoms with van der Waals surface area (Å²) in [6, 6.07) is 18.9. The first kappa shape index (κ1) is 21.9. The molecule has 0 aromatic heterocycles. The van der Waals surface area contributed by atoms with Crippen molar-refractivity contribution in [2.75, 3.05) is 26.2 Å². The monoisotopic (exact) mass is 406 g/mol. The van der Waals surface area contributed by atoms with Gasteiger partial charge in [0.15, 0.2) is 5.96 Å². The van der Waals surface area contributed by atoms with Crippen molar-refractivity contribution in [3.63, 3.8) is 0 Å². The quantitative estimate of drug-likeness (QED) is 0.380. The number of nitrogens with one attached hydrogen (secondary N) is 2. The van der Waals surface area contributed by atoms with Gasteiger partial charge in [-0.1, -0.05) is 54.6 Å². The van der Waals surface area contributed by atoms with Crippen molar-refractivity contribution in [1.82, 2.24) is 15.5 Å². The molecule has 1 amide bonds. The molecule has 1 aliphatic rings. The molecule has 2 aromatic rings. The fraction of sp³-hybridized carbons (Fsp3) is 0.440. The Balaban J connectivity index is 1.35. The summed E-state index contributed by atoms with van der Waals surface area (Å²) < 4.78 is 0. The average Bonchev–Trinajstić information content (AvgIpc) is 2.79. The normalized spacial score (nSPS) is 13.6. The molecule has 160 valence electrons. The van der Waals surface area contributed by atoms with Crippen LogP contribution in [0.2, 0.25) is 0 Å². The molecule has 0 saturated carbocycles. The molecule has 0 fully saturated rings. The maximum absolute atomic E-state index is 12.6. The van der Waals surface area contributed by atoms with Crippen molar-refractivity contribution >= 4 is 11.9 Å². The third-order valence-electron chi connectivity index (χ3n) is 5.42. The molecule has 1 aliphatic heterocycles. The van der Waals surface area contributed by atoms with Crippen LogP contribution in [0.15, 0.2) is 59.6 Å². The minimum absolute atomic E-state index is 0.246. The highest BCUT2D eigenvalue weighted by molar-refractivity contribution is 5.80. The number of fused-ring (bicyclic) bond motifs is 1. The van der Waals surface area contributed by atoms with Crippen LogP contribution in [-0.4, -0.2) is 42.9 Å². The van der Waals surface area contributed by atoms with Gasteiger partial charge in [-0.15, -0.1) is 0 Å². The third kappa shape index (κ3) is 6.90. The molecule has 0 unspecified atom stereocenters. The average molecular weight is 407 g/mol. The molecular weight excluding hydrogens is 372 g/mol. The summed E-state index contributed by atoms with van der Waals surface area (Å²) in [5.41, 5.74) is 4.01. The molecule has 1 heterocycles. The highest BCUT2D eigenvalue weighted by Gasteiger charge is 2.19. The number of aliphatic imine (C=N–C) groups is 1. The second-order valence-corrected chi connectivity index (χ2v) is 7.71. The van der Waals surface area contributed by atoms with E-state index < -0.39 is 0 Å². The highest BCUT2D eigenvalue weighted by Crippen LogP contribution is 2.19. The highest BCUT2D eigenvalue weighted by atomic mass is 16.2. The molecule has 2 N–H and O–H groups in total. The number of nitrogens with zero attached hydrogens (tertiary/aromatic N) is 2. The van der Waals surface area contributed by atoms with Crippen LogP contribution >= 0.6 is 0 Å². The Bertz CT molecular complexity index is 819. The van der Waals surface area contributed by atoms with Crippen LogP contribution in [0.4, 0.5) is 0 Å². The second kappa shape index (κ2) is 12.0. The number of hydrogen-bond acceptors (Lipinski definition) is 2. The predicted molar refractivity (Wildman–Crippen MR) is 124 cm³/mol. The van der Waals surface area contributed by atoms with E-state index in [0.717, 1.165) is 64.4 Å². The molecule has 3 rings (SSSR count). The van der Waals surface area contributed by atoms with Crippen molar-refractivity contribution in [3.05, 3.63) is 71.3 Å². The van der Waals surface area contributed by atoms with E-state index in [4.69, 9.17) is 0 Å². The Morgan fingerprint density at radius 3 is 2.57 bits per heavy atom. The van der Waals surface area contributed by atoms with Gasteiger partial charge in [-0.05, 0) is 49.3 Å². The molecule has 5 heteroatoms. The molecule has 0 atom stereocenters. The van der Waals surface area contributed by atoms with E-state index in [2.05, 4.69) is 71.1 Å². The molecule has 2 aromatic carbocycles. The Hall–Kier alpha value is -2.82. The Morgan fingerprint density at radius 1 is 1.00 bits per heavy atom. The zero-order chi connectivity index (χ0) is 21.0. The lowest BCUT2D eigenvalue weighted by Gasteiger charge is -2.29. The Morgan fingerprint density at radius 2 is 1.77 bits per heavy atom. The fourth-order valence-corrected chi connectivity index (χ4v) is 3.77. The fourth-order valence-electron chi connectivity index (χ4n) is 3.77. The van der Waals surface area contributed by atoms with Crippen molar-refractivity contribution < 1.29 is 4.79 Å². The summed E-state index contributed by atoms with van der Waals surface area (Å²) in [5, 5.41) is 6.65. The number of rotatable bonds is 9. The van der Waals surface area contributed by atoms with Crippen molar-refractivity contribution in [2.45, 2.75) is 45.6 Å². The molecule has 0 saturated heterocycles. The van der Waals surface area contributed by atoms with E-state index in [0.29, 0.717) is 6.42 Å². The van der Waals surface area contributed by atoms with Gasteiger partial charge in [-0.3, -0.25) is 9.79 Å². The van der Waals surface area contributed by atoms with Crippen molar-refractivity contribution in [2.24, 2.45) is 4.99 Å². The van der Waals surface area contributed by atoms with Crippen molar-refractivity contribution in [1.29, 1.82) is 0 Å². The van der Waals surface area contributed by atoms with E-state index in [1.54, 1.807) is 0 Å². The molecular formula is C25H34N4O. The minimum Gasteiger partial charge on any atom is -0.357 e. The molecule has 30 heavy (non-hydrogen) atoms. The van der Waals surface area contributed by atoms with E-state index >= 15 is 0 Å². The number of hydrogen-bond donors (Lipinski definition) is 2. The molecule has 0 bridgehead atoms. The zero-order valence-electron chi connectivity index (χ0n) is 18.1. The number of carbonyl (C=O) groups is 1. The molecule has 0 radical (unpaired) electrons. The Kier molecular flexibility index (Phi) is 8.76. The topological polar surface area (TPSA) is 56.7 Å². The van der Waals surface area contributed by atoms with Crippen molar-refractivity contribution in [3.8, 4) is 0 Å². The summed E-state index contributed by atoms with van der Waals surface area (Å²) in [5.74, 6) is 1.08. The first-order chi connectivity index (χ1) is 14.8. The van der Waals surface area contributed by atoms with Gasteiger partial charge < -0.3 is 15.5 Å². The van der Waals surface area contributed by atoms with E-state index in [1.807, 2.05) is 11.0 Å². The standard InChI is InChI=1S/C25H34N4O/c1-2-26-25(27-17-8-12-21-10-4-3-5-11-21)28-18-9-15-24(30)29-19-16-22-13-6-7-14-23(22)20-29/h3-7,10-11,13-14H,2,8-9,12,15-20H2,1H3,(H2,26,27,28). The van der Waals surface area contributed by atoms with E-state index in [1.165, 1.54) is 16.7 Å². The van der Waals surface area contributed by atoms with Gasteiger partial charge in [0.25, 0.3) is 0 Å². The van der Waals surface area contributed by atoms with Crippen LogP contribution in [0.25, 0.3) is 0 Å². The molecule has 0 aliphatic carbocycles. The number of carbonyl (C=O) groups excluding carboxylic acids is 1. The van der Waals surface area contributed by atoms with Crippen LogP contribution in [-0.2, 0) is 24.2 Å². The lowest BCUT2D eigenvalue weighted by Crippen LogP contribution is -2.39. The van der Waals surface area contributed by atoms with Gasteiger partial charge in [-0.2, -0.15) is 0 Å². The summed E-state index contributed by atoms with van der Waals surface area (Å²) in [6.45, 7) is 6.01. The first-order valence-corrected chi connectivity index (χ1v) is 11.2. The summed E-state index contributed by atoms with van der Waals surface area (Å²) in [4.78, 5) is 19.2. The summed E-state index contributed by atoms with van der Waals surface area (Å²) in [7, 11) is 0. The Labute approximate surface area is 180 Å². The van der Waals surface area contributed by atoms with Crippen LogP contribution < -0.4 is 10.6 Å². The summed E-state index contributed by atoms with van der Waals surface area (Å²) >= 11 is 0. The largest absolute Gasteiger partial charge is 0.357 e. The lowest BCUT2D eigenvalue weighted by atomic mass is 9.99. The number of aryl methyl sites for hydroxylation is 1. The predicted octanol–water partition coefficient (Wildman–Crippen LogP) is 3.54. The summed E-state index contributed by atoms with van der Waals surface area (Å²) in [6.07, 6.45) is 4.40. The van der Waals surface area contributed by atoms with Crippen LogP contribution in [0, 0.1) is 0 Å². The van der Waals surface area contributed by atoms with Gasteiger partial charge in [0, 0.05) is 39.1 Å². The van der Waals surface area contributed by atoms with E-state index in [9.17, 15) is 4.79 Å². The van der Waals surface area contributed by atoms with Gasteiger partial charge in [0.05, 0.1) is 0 Å². The lowest BCUT2D eigenvalue weighted by molar-refractivity contribution is -0.132. The zero-order valence-corrected chi connectivity index (χ0v) is 18.1. The third-order valence-corrected chi connectivity index (χ3v) is 5.42. The maximum Gasteiger partial charge on any atom is 0.222 e. The van der Waals surface area contributed by atoms with Crippen LogP contribution in [0.3, 0.4) is 0 Å². The number of benzene rings is 2. The smallest absolute Gasteiger partial charge is 0.222 e. The van der Waals surface area contributed by atoms with Crippen LogP contribution in [0.1, 0.15) is 42.9 Å². The maximum atomic E-state index is 12.6. The SMILES string of the molecule is CCNC(=NCCCc1ccccc1)NCCCC(=O)N1CCc2ccccc2C1. The number of guanidine groups is 1.